The monoisotopic (exact) mass is 627 g/mol. The summed E-state index contributed by atoms with van der Waals surface area (Å²) in [5.74, 6) is -0.644. The summed E-state index contributed by atoms with van der Waals surface area (Å²) < 4.78 is 14.1. The Labute approximate surface area is 270 Å². The lowest BCUT2D eigenvalue weighted by Gasteiger charge is -2.20. The highest BCUT2D eigenvalue weighted by Crippen LogP contribution is 2.44. The molecule has 2 heterocycles. The molecule has 1 amide bonds. The summed E-state index contributed by atoms with van der Waals surface area (Å²) in [6, 6.07) is 29.5. The molecule has 6 aromatic rings. The molecule has 0 unspecified atom stereocenters. The van der Waals surface area contributed by atoms with Gasteiger partial charge in [-0.05, 0) is 66.8 Å². The van der Waals surface area contributed by atoms with Crippen molar-refractivity contribution >= 4 is 40.0 Å². The van der Waals surface area contributed by atoms with Crippen LogP contribution >= 0.6 is 0 Å². The summed E-state index contributed by atoms with van der Waals surface area (Å²) in [7, 11) is 0. The Balaban J connectivity index is 1.19. The van der Waals surface area contributed by atoms with Gasteiger partial charge in [0.2, 0.25) is 0 Å². The summed E-state index contributed by atoms with van der Waals surface area (Å²) >= 11 is 0. The van der Waals surface area contributed by atoms with Crippen LogP contribution in [0.1, 0.15) is 48.2 Å². The van der Waals surface area contributed by atoms with Gasteiger partial charge in [0.15, 0.2) is 0 Å². The standard InChI is InChI=1S/C37H33N5O5/c1-37(2,3)47-36(45)41-21-23(24-12-8-10-18-32(24)41)20-31(34(43)42-33-19-11-9-17-30(33)39-40-42)38-35(44)46-22-29-27-15-6-4-13-25(27)26-14-5-7-16-28(26)29/h4-19,21,29,31H,20,22H2,1-3H3,(H,38,44)/t31-/m0/s1. The molecule has 0 aliphatic heterocycles. The van der Waals surface area contributed by atoms with Crippen molar-refractivity contribution in [2.24, 2.45) is 0 Å². The van der Waals surface area contributed by atoms with Crippen molar-refractivity contribution < 1.29 is 23.9 Å². The molecule has 10 heteroatoms. The maximum Gasteiger partial charge on any atom is 0.419 e. The molecule has 0 spiro atoms. The van der Waals surface area contributed by atoms with Crippen LogP contribution in [-0.2, 0) is 15.9 Å². The lowest BCUT2D eigenvalue weighted by Crippen LogP contribution is -2.45. The molecule has 1 aliphatic carbocycles. The second kappa shape index (κ2) is 11.9. The van der Waals surface area contributed by atoms with E-state index in [1.165, 1.54) is 9.25 Å². The smallest absolute Gasteiger partial charge is 0.419 e. The van der Waals surface area contributed by atoms with Crippen LogP contribution in [0.25, 0.3) is 33.1 Å². The van der Waals surface area contributed by atoms with E-state index in [2.05, 4.69) is 27.8 Å². The number of carbonyl (C=O) groups is 3. The molecule has 1 atom stereocenters. The van der Waals surface area contributed by atoms with Gasteiger partial charge in [-0.1, -0.05) is 84.1 Å². The van der Waals surface area contributed by atoms with Crippen LogP contribution in [0, 0.1) is 0 Å². The van der Waals surface area contributed by atoms with Gasteiger partial charge in [-0.25, -0.2) is 9.59 Å². The summed E-state index contributed by atoms with van der Waals surface area (Å²) in [5, 5.41) is 11.8. The van der Waals surface area contributed by atoms with Crippen molar-refractivity contribution in [3.05, 3.63) is 120 Å². The van der Waals surface area contributed by atoms with Crippen LogP contribution in [0.3, 0.4) is 0 Å². The van der Waals surface area contributed by atoms with Gasteiger partial charge in [-0.15, -0.1) is 5.10 Å². The first kappa shape index (κ1) is 29.9. The molecule has 0 saturated heterocycles. The van der Waals surface area contributed by atoms with Crippen molar-refractivity contribution in [2.45, 2.75) is 44.8 Å². The number of nitrogens with one attached hydrogen (secondary N) is 1. The van der Waals surface area contributed by atoms with E-state index in [4.69, 9.17) is 9.47 Å². The van der Waals surface area contributed by atoms with Crippen LogP contribution < -0.4 is 5.32 Å². The van der Waals surface area contributed by atoms with Gasteiger partial charge in [0.1, 0.15) is 23.8 Å². The molecule has 236 valence electrons. The van der Waals surface area contributed by atoms with Gasteiger partial charge >= 0.3 is 12.2 Å². The molecule has 0 fully saturated rings. The fourth-order valence-corrected chi connectivity index (χ4v) is 6.26. The molecule has 10 nitrogen and oxygen atoms in total. The number of benzene rings is 4. The zero-order valence-electron chi connectivity index (χ0n) is 26.2. The highest BCUT2D eigenvalue weighted by molar-refractivity contribution is 5.96. The van der Waals surface area contributed by atoms with E-state index in [1.54, 1.807) is 45.2 Å². The molecular formula is C37H33N5O5. The number of ether oxygens (including phenoxy) is 2. The van der Waals surface area contributed by atoms with Crippen molar-refractivity contribution in [2.75, 3.05) is 6.61 Å². The van der Waals surface area contributed by atoms with E-state index < -0.39 is 29.7 Å². The number of hydrogen-bond donors (Lipinski definition) is 1. The fourth-order valence-electron chi connectivity index (χ4n) is 6.26. The number of carbonyl (C=O) groups excluding carboxylic acids is 3. The average molecular weight is 628 g/mol. The van der Waals surface area contributed by atoms with Crippen molar-refractivity contribution in [3.8, 4) is 11.1 Å². The van der Waals surface area contributed by atoms with E-state index in [0.29, 0.717) is 22.1 Å². The molecule has 0 saturated carbocycles. The van der Waals surface area contributed by atoms with Crippen LogP contribution in [0.4, 0.5) is 9.59 Å². The van der Waals surface area contributed by atoms with Gasteiger partial charge in [-0.2, -0.15) is 4.68 Å². The minimum atomic E-state index is -1.10. The van der Waals surface area contributed by atoms with Gasteiger partial charge in [-0.3, -0.25) is 9.36 Å². The number of rotatable bonds is 6. The van der Waals surface area contributed by atoms with E-state index in [-0.39, 0.29) is 18.9 Å². The number of fused-ring (bicyclic) bond motifs is 5. The predicted octanol–water partition coefficient (Wildman–Crippen LogP) is 6.96. The Morgan fingerprint density at radius 2 is 1.45 bits per heavy atom. The number of aromatic nitrogens is 4. The summed E-state index contributed by atoms with van der Waals surface area (Å²) in [5.41, 5.74) is 6.02. The first-order chi connectivity index (χ1) is 22.7. The maximum absolute atomic E-state index is 14.1. The maximum atomic E-state index is 14.1. The van der Waals surface area contributed by atoms with E-state index in [0.717, 1.165) is 27.6 Å². The normalized spacial score (nSPS) is 13.3. The molecule has 47 heavy (non-hydrogen) atoms. The molecule has 1 aliphatic rings. The lowest BCUT2D eigenvalue weighted by molar-refractivity contribution is 0.0544. The topological polar surface area (TPSA) is 117 Å². The summed E-state index contributed by atoms with van der Waals surface area (Å²) in [6.07, 6.45) is 0.408. The van der Waals surface area contributed by atoms with Crippen LogP contribution in [0.5, 0.6) is 0 Å². The second-order valence-corrected chi connectivity index (χ2v) is 12.6. The highest BCUT2D eigenvalue weighted by Gasteiger charge is 2.31. The van der Waals surface area contributed by atoms with Gasteiger partial charge in [0.25, 0.3) is 5.91 Å². The Hall–Kier alpha value is -5.77. The summed E-state index contributed by atoms with van der Waals surface area (Å²) in [6.45, 7) is 5.48. The van der Waals surface area contributed by atoms with Gasteiger partial charge in [0, 0.05) is 23.9 Å². The minimum absolute atomic E-state index is 0.0491. The Kier molecular flexibility index (Phi) is 7.55. The number of alkyl carbamates (subject to hydrolysis) is 1. The molecule has 4 aromatic carbocycles. The van der Waals surface area contributed by atoms with Crippen molar-refractivity contribution in [1.82, 2.24) is 24.9 Å². The molecule has 2 aromatic heterocycles. The Morgan fingerprint density at radius 3 is 2.15 bits per heavy atom. The molecular weight excluding hydrogens is 594 g/mol. The zero-order chi connectivity index (χ0) is 32.7. The predicted molar refractivity (Wildman–Crippen MR) is 177 cm³/mol. The Morgan fingerprint density at radius 1 is 0.830 bits per heavy atom. The second-order valence-electron chi connectivity index (χ2n) is 12.6. The van der Waals surface area contributed by atoms with E-state index in [1.807, 2.05) is 66.7 Å². The molecule has 7 rings (SSSR count). The zero-order valence-corrected chi connectivity index (χ0v) is 26.2. The molecule has 0 bridgehead atoms. The van der Waals surface area contributed by atoms with E-state index >= 15 is 0 Å². The van der Waals surface area contributed by atoms with Crippen LogP contribution in [-0.4, -0.2) is 55.9 Å². The number of hydrogen-bond acceptors (Lipinski definition) is 7. The third-order valence-electron chi connectivity index (χ3n) is 8.30. The number of para-hydroxylation sites is 2. The van der Waals surface area contributed by atoms with Gasteiger partial charge < -0.3 is 14.8 Å². The summed E-state index contributed by atoms with van der Waals surface area (Å²) in [4.78, 5) is 40.8. The SMILES string of the molecule is CC(C)(C)OC(=O)n1cc(C[C@H](NC(=O)OCC2c3ccccc3-c3ccccc32)C(=O)n2nnc3ccccc32)c2ccccc21. The van der Waals surface area contributed by atoms with Crippen LogP contribution in [0.15, 0.2) is 103 Å². The molecule has 0 radical (unpaired) electrons. The number of nitrogens with zero attached hydrogens (tertiary/aromatic N) is 4. The third-order valence-corrected chi connectivity index (χ3v) is 8.30. The highest BCUT2D eigenvalue weighted by atomic mass is 16.6. The largest absolute Gasteiger partial charge is 0.449 e. The molecule has 1 N–H and O–H groups in total. The van der Waals surface area contributed by atoms with Crippen molar-refractivity contribution in [1.29, 1.82) is 0 Å². The minimum Gasteiger partial charge on any atom is -0.449 e. The average Bonchev–Trinajstić information content (AvgIpc) is 3.75. The fraction of sp³-hybridized carbons (Fsp3) is 0.216. The Bertz CT molecular complexity index is 2110. The van der Waals surface area contributed by atoms with Crippen molar-refractivity contribution in [3.63, 3.8) is 0 Å². The van der Waals surface area contributed by atoms with Gasteiger partial charge in [0.05, 0.1) is 11.0 Å². The third kappa shape index (κ3) is 5.74. The first-order valence-corrected chi connectivity index (χ1v) is 15.5. The first-order valence-electron chi connectivity index (χ1n) is 15.5. The van der Waals surface area contributed by atoms with Crippen LogP contribution in [0.2, 0.25) is 0 Å². The quantitative estimate of drug-likeness (QED) is 0.212. The lowest BCUT2D eigenvalue weighted by atomic mass is 9.98. The van der Waals surface area contributed by atoms with E-state index in [9.17, 15) is 14.4 Å². The number of amides is 1.